The van der Waals surface area contributed by atoms with Gasteiger partial charge in [0.05, 0.1) is 4.88 Å². The van der Waals surface area contributed by atoms with E-state index in [1.807, 2.05) is 0 Å². The van der Waals surface area contributed by atoms with Gasteiger partial charge in [0, 0.05) is 24.7 Å². The van der Waals surface area contributed by atoms with Gasteiger partial charge in [-0.05, 0) is 18.4 Å². The number of aromatic amines is 1. The molecular weight excluding hydrogens is 230 g/mol. The minimum absolute atomic E-state index is 0.530. The van der Waals surface area contributed by atoms with E-state index in [0.29, 0.717) is 6.04 Å². The van der Waals surface area contributed by atoms with Crippen LogP contribution in [0.3, 0.4) is 0 Å². The molecular formula is C13H19N3S. The van der Waals surface area contributed by atoms with E-state index in [1.54, 1.807) is 11.3 Å². The zero-order chi connectivity index (χ0) is 12.3. The summed E-state index contributed by atoms with van der Waals surface area (Å²) >= 11 is 1.73. The number of hydrogen-bond acceptors (Lipinski definition) is 3. The van der Waals surface area contributed by atoms with Crippen LogP contribution in [0, 0.1) is 6.92 Å². The molecule has 0 aromatic carbocycles. The number of aryl methyl sites for hydroxylation is 1. The molecule has 0 unspecified atom stereocenters. The summed E-state index contributed by atoms with van der Waals surface area (Å²) in [6, 6.07) is 4.71. The van der Waals surface area contributed by atoms with Gasteiger partial charge < -0.3 is 10.3 Å². The lowest BCUT2D eigenvalue weighted by atomic mass is 10.3. The Balaban J connectivity index is 2.04. The molecule has 0 aliphatic heterocycles. The topological polar surface area (TPSA) is 40.7 Å². The van der Waals surface area contributed by atoms with E-state index in [-0.39, 0.29) is 0 Å². The lowest BCUT2D eigenvalue weighted by Crippen LogP contribution is -2.25. The van der Waals surface area contributed by atoms with E-state index in [2.05, 4.69) is 53.6 Å². The molecule has 0 saturated heterocycles. The number of thiophene rings is 1. The highest BCUT2D eigenvalue weighted by Crippen LogP contribution is 2.25. The first-order valence-corrected chi connectivity index (χ1v) is 6.87. The van der Waals surface area contributed by atoms with E-state index in [0.717, 1.165) is 30.2 Å². The van der Waals surface area contributed by atoms with Crippen molar-refractivity contribution >= 4 is 11.3 Å². The average Bonchev–Trinajstić information content (AvgIpc) is 2.86. The van der Waals surface area contributed by atoms with Crippen molar-refractivity contribution in [2.24, 2.45) is 0 Å². The summed E-state index contributed by atoms with van der Waals surface area (Å²) in [7, 11) is 0. The highest BCUT2D eigenvalue weighted by Gasteiger charge is 2.09. The fourth-order valence-corrected chi connectivity index (χ4v) is 2.54. The molecule has 2 rings (SSSR count). The van der Waals surface area contributed by atoms with Gasteiger partial charge in [-0.15, -0.1) is 11.3 Å². The van der Waals surface area contributed by atoms with Crippen molar-refractivity contribution in [3.8, 4) is 10.6 Å². The monoisotopic (exact) mass is 249 g/mol. The second kappa shape index (κ2) is 5.47. The van der Waals surface area contributed by atoms with Crippen LogP contribution in [-0.2, 0) is 6.42 Å². The summed E-state index contributed by atoms with van der Waals surface area (Å²) in [6.45, 7) is 7.37. The van der Waals surface area contributed by atoms with E-state index >= 15 is 0 Å². The molecule has 17 heavy (non-hydrogen) atoms. The SMILES string of the molecule is Cc1[nH]c(CCNC(C)C)nc1-c1cccs1. The predicted molar refractivity (Wildman–Crippen MR) is 73.5 cm³/mol. The summed E-state index contributed by atoms with van der Waals surface area (Å²) in [5, 5.41) is 5.49. The minimum atomic E-state index is 0.530. The van der Waals surface area contributed by atoms with Crippen LogP contribution in [-0.4, -0.2) is 22.6 Å². The van der Waals surface area contributed by atoms with Gasteiger partial charge in [0.2, 0.25) is 0 Å². The third-order valence-electron chi connectivity index (χ3n) is 2.60. The number of H-pyrrole nitrogens is 1. The van der Waals surface area contributed by atoms with Crippen molar-refractivity contribution < 1.29 is 0 Å². The van der Waals surface area contributed by atoms with Gasteiger partial charge in [-0.3, -0.25) is 0 Å². The first-order valence-electron chi connectivity index (χ1n) is 5.99. The quantitative estimate of drug-likeness (QED) is 0.855. The third kappa shape index (κ3) is 3.17. The van der Waals surface area contributed by atoms with Crippen LogP contribution in [0.4, 0.5) is 0 Å². The molecule has 0 radical (unpaired) electrons. The summed E-state index contributed by atoms with van der Waals surface area (Å²) in [5.41, 5.74) is 2.26. The molecule has 0 bridgehead atoms. The maximum absolute atomic E-state index is 4.66. The molecule has 2 N–H and O–H groups in total. The molecule has 2 aromatic rings. The van der Waals surface area contributed by atoms with Gasteiger partial charge in [-0.25, -0.2) is 4.98 Å². The van der Waals surface area contributed by atoms with Crippen molar-refractivity contribution in [3.05, 3.63) is 29.0 Å². The molecule has 4 heteroatoms. The Kier molecular flexibility index (Phi) is 3.97. The van der Waals surface area contributed by atoms with Gasteiger partial charge in [-0.2, -0.15) is 0 Å². The summed E-state index contributed by atoms with van der Waals surface area (Å²) in [6.07, 6.45) is 0.949. The molecule has 2 aromatic heterocycles. The number of aromatic nitrogens is 2. The summed E-state index contributed by atoms with van der Waals surface area (Å²) in [5.74, 6) is 1.07. The van der Waals surface area contributed by atoms with Crippen LogP contribution in [0.5, 0.6) is 0 Å². The molecule has 0 aliphatic rings. The molecule has 0 atom stereocenters. The summed E-state index contributed by atoms with van der Waals surface area (Å²) in [4.78, 5) is 9.26. The average molecular weight is 249 g/mol. The predicted octanol–water partition coefficient (Wildman–Crippen LogP) is 2.99. The zero-order valence-electron chi connectivity index (χ0n) is 10.6. The number of nitrogens with zero attached hydrogens (tertiary/aromatic N) is 1. The first kappa shape index (κ1) is 12.3. The van der Waals surface area contributed by atoms with Crippen LogP contribution in [0.2, 0.25) is 0 Å². The van der Waals surface area contributed by atoms with Crippen LogP contribution < -0.4 is 5.32 Å². The third-order valence-corrected chi connectivity index (χ3v) is 3.48. The number of nitrogens with one attached hydrogen (secondary N) is 2. The van der Waals surface area contributed by atoms with Crippen LogP contribution in [0.1, 0.15) is 25.4 Å². The minimum Gasteiger partial charge on any atom is -0.346 e. The standard InChI is InChI=1S/C13H19N3S/c1-9(2)14-7-6-12-15-10(3)13(16-12)11-5-4-8-17-11/h4-5,8-9,14H,6-7H2,1-3H3,(H,15,16). The largest absolute Gasteiger partial charge is 0.346 e. The molecule has 0 saturated carbocycles. The molecule has 0 amide bonds. The molecule has 0 aliphatic carbocycles. The van der Waals surface area contributed by atoms with Crippen molar-refractivity contribution in [1.29, 1.82) is 0 Å². The second-order valence-electron chi connectivity index (χ2n) is 4.49. The summed E-state index contributed by atoms with van der Waals surface area (Å²) < 4.78 is 0. The van der Waals surface area contributed by atoms with E-state index < -0.39 is 0 Å². The van der Waals surface area contributed by atoms with Gasteiger partial charge in [0.1, 0.15) is 11.5 Å². The molecule has 0 spiro atoms. The van der Waals surface area contributed by atoms with Gasteiger partial charge >= 0.3 is 0 Å². The van der Waals surface area contributed by atoms with E-state index in [4.69, 9.17) is 0 Å². The van der Waals surface area contributed by atoms with Crippen molar-refractivity contribution in [3.63, 3.8) is 0 Å². The smallest absolute Gasteiger partial charge is 0.108 e. The van der Waals surface area contributed by atoms with Gasteiger partial charge in [0.25, 0.3) is 0 Å². The maximum Gasteiger partial charge on any atom is 0.108 e. The second-order valence-corrected chi connectivity index (χ2v) is 5.44. The normalized spacial score (nSPS) is 11.3. The van der Waals surface area contributed by atoms with Gasteiger partial charge in [0.15, 0.2) is 0 Å². The Bertz CT molecular complexity index is 457. The zero-order valence-corrected chi connectivity index (χ0v) is 11.4. The molecule has 3 nitrogen and oxygen atoms in total. The number of imidazole rings is 1. The van der Waals surface area contributed by atoms with Crippen molar-refractivity contribution in [2.75, 3.05) is 6.54 Å². The van der Waals surface area contributed by atoms with Gasteiger partial charge in [-0.1, -0.05) is 19.9 Å². The fraction of sp³-hybridized carbons (Fsp3) is 0.462. The molecule has 92 valence electrons. The maximum atomic E-state index is 4.66. The van der Waals surface area contributed by atoms with E-state index in [1.165, 1.54) is 4.88 Å². The van der Waals surface area contributed by atoms with Crippen LogP contribution in [0.25, 0.3) is 10.6 Å². The Morgan fingerprint density at radius 3 is 2.94 bits per heavy atom. The Morgan fingerprint density at radius 1 is 1.47 bits per heavy atom. The highest BCUT2D eigenvalue weighted by molar-refractivity contribution is 7.13. The Hall–Kier alpha value is -1.13. The highest BCUT2D eigenvalue weighted by atomic mass is 32.1. The van der Waals surface area contributed by atoms with Crippen molar-refractivity contribution in [1.82, 2.24) is 15.3 Å². The van der Waals surface area contributed by atoms with Crippen LogP contribution in [0.15, 0.2) is 17.5 Å². The Labute approximate surface area is 106 Å². The number of hydrogen-bond donors (Lipinski definition) is 2. The lowest BCUT2D eigenvalue weighted by Gasteiger charge is -2.05. The lowest BCUT2D eigenvalue weighted by molar-refractivity contribution is 0.584. The molecule has 0 fully saturated rings. The number of rotatable bonds is 5. The Morgan fingerprint density at radius 2 is 2.29 bits per heavy atom. The fourth-order valence-electron chi connectivity index (χ4n) is 1.77. The van der Waals surface area contributed by atoms with Crippen molar-refractivity contribution in [2.45, 2.75) is 33.2 Å². The first-order chi connectivity index (χ1) is 8.16. The van der Waals surface area contributed by atoms with E-state index in [9.17, 15) is 0 Å². The van der Waals surface area contributed by atoms with Crippen LogP contribution >= 0.6 is 11.3 Å². The molecule has 2 heterocycles.